The molecule has 0 bridgehead atoms. The summed E-state index contributed by atoms with van der Waals surface area (Å²) in [6, 6.07) is 11.4. The Labute approximate surface area is 186 Å². The van der Waals surface area contributed by atoms with Gasteiger partial charge in [-0.2, -0.15) is 0 Å². The number of nitrogens with zero attached hydrogens (tertiary/aromatic N) is 2. The van der Waals surface area contributed by atoms with Crippen LogP contribution in [0.25, 0.3) is 0 Å². The van der Waals surface area contributed by atoms with Gasteiger partial charge in [0.2, 0.25) is 5.91 Å². The summed E-state index contributed by atoms with van der Waals surface area (Å²) in [5.41, 5.74) is -0.461. The lowest BCUT2D eigenvalue weighted by Crippen LogP contribution is -2.60. The Balaban J connectivity index is 1.54. The molecule has 1 unspecified atom stereocenters. The normalized spacial score (nSPS) is 19.8. The van der Waals surface area contributed by atoms with Crippen molar-refractivity contribution in [1.29, 1.82) is 0 Å². The summed E-state index contributed by atoms with van der Waals surface area (Å²) in [6.45, 7) is 1.59. The first-order valence-electron chi connectivity index (χ1n) is 10.7. The van der Waals surface area contributed by atoms with Crippen LogP contribution in [0.15, 0.2) is 53.1 Å². The maximum atomic E-state index is 13.5. The second-order valence-corrected chi connectivity index (χ2v) is 7.87. The van der Waals surface area contributed by atoms with Crippen molar-refractivity contribution in [2.24, 2.45) is 0 Å². The van der Waals surface area contributed by atoms with E-state index in [1.54, 1.807) is 53.3 Å². The molecule has 32 heavy (non-hydrogen) atoms. The van der Waals surface area contributed by atoms with Gasteiger partial charge in [0.25, 0.3) is 11.8 Å². The van der Waals surface area contributed by atoms with Gasteiger partial charge in [0.15, 0.2) is 5.76 Å². The lowest BCUT2D eigenvalue weighted by molar-refractivity contribution is -0.128. The van der Waals surface area contributed by atoms with Gasteiger partial charge in [-0.1, -0.05) is 18.2 Å². The highest BCUT2D eigenvalue weighted by atomic mass is 16.5. The Kier molecular flexibility index (Phi) is 6.57. The summed E-state index contributed by atoms with van der Waals surface area (Å²) in [5, 5.41) is 2.81. The number of furan rings is 1. The molecular formula is C23H27N3O6. The number of amides is 3. The predicted molar refractivity (Wildman–Crippen MR) is 114 cm³/mol. The molecule has 9 nitrogen and oxygen atoms in total. The van der Waals surface area contributed by atoms with E-state index in [2.05, 4.69) is 5.32 Å². The fraction of sp³-hybridized carbons (Fsp3) is 0.435. The van der Waals surface area contributed by atoms with E-state index in [1.165, 1.54) is 6.26 Å². The molecule has 0 radical (unpaired) electrons. The number of rotatable bonds is 6. The van der Waals surface area contributed by atoms with E-state index in [0.717, 1.165) is 0 Å². The number of piperidine rings is 1. The molecule has 2 aromatic rings. The average molecular weight is 441 g/mol. The van der Waals surface area contributed by atoms with Crippen molar-refractivity contribution in [2.75, 3.05) is 40.0 Å². The third-order valence-corrected chi connectivity index (χ3v) is 5.97. The molecule has 4 rings (SSSR count). The Morgan fingerprint density at radius 1 is 1.09 bits per heavy atom. The molecule has 0 aliphatic carbocycles. The minimum Gasteiger partial charge on any atom is -0.459 e. The van der Waals surface area contributed by atoms with Gasteiger partial charge >= 0.3 is 0 Å². The molecule has 9 heteroatoms. The number of benzene rings is 1. The number of hydrogen-bond donors (Lipinski definition) is 1. The fourth-order valence-corrected chi connectivity index (χ4v) is 4.30. The number of hydrogen-bond acceptors (Lipinski definition) is 6. The Hall–Kier alpha value is -3.17. The topological polar surface area (TPSA) is 101 Å². The summed E-state index contributed by atoms with van der Waals surface area (Å²) in [6.07, 6.45) is 2.27. The third kappa shape index (κ3) is 4.26. The maximum Gasteiger partial charge on any atom is 0.289 e. The van der Waals surface area contributed by atoms with Gasteiger partial charge in [0, 0.05) is 45.1 Å². The van der Waals surface area contributed by atoms with E-state index >= 15 is 0 Å². The van der Waals surface area contributed by atoms with Crippen LogP contribution in [0.4, 0.5) is 0 Å². The molecule has 2 aliphatic heterocycles. The first-order chi connectivity index (χ1) is 15.6. The van der Waals surface area contributed by atoms with Crippen LogP contribution in [0, 0.1) is 0 Å². The van der Waals surface area contributed by atoms with Gasteiger partial charge in [-0.15, -0.1) is 0 Å². The van der Waals surface area contributed by atoms with Crippen LogP contribution in [-0.4, -0.2) is 79.2 Å². The van der Waals surface area contributed by atoms with Crippen molar-refractivity contribution < 1.29 is 28.3 Å². The quantitative estimate of drug-likeness (QED) is 0.682. The van der Waals surface area contributed by atoms with E-state index in [9.17, 15) is 14.4 Å². The third-order valence-electron chi connectivity index (χ3n) is 5.97. The van der Waals surface area contributed by atoms with Crippen LogP contribution in [0.3, 0.4) is 0 Å². The molecule has 3 heterocycles. The molecule has 1 N–H and O–H groups in total. The number of carbonyl (C=O) groups excluding carboxylic acids is 3. The van der Waals surface area contributed by atoms with Gasteiger partial charge in [0.05, 0.1) is 19.5 Å². The highest BCUT2D eigenvalue weighted by Crippen LogP contribution is 2.38. The number of methoxy groups -OCH3 is 1. The van der Waals surface area contributed by atoms with E-state index in [0.29, 0.717) is 44.6 Å². The molecule has 1 aromatic carbocycles. The van der Waals surface area contributed by atoms with Crippen LogP contribution >= 0.6 is 0 Å². The largest absolute Gasteiger partial charge is 0.459 e. The zero-order valence-electron chi connectivity index (χ0n) is 18.0. The number of nitrogens with one attached hydrogen (secondary N) is 1. The molecule has 1 aromatic heterocycles. The van der Waals surface area contributed by atoms with Crippen molar-refractivity contribution in [2.45, 2.75) is 24.6 Å². The molecule has 2 fully saturated rings. The Morgan fingerprint density at radius 2 is 1.84 bits per heavy atom. The van der Waals surface area contributed by atoms with E-state index in [4.69, 9.17) is 13.9 Å². The maximum absolute atomic E-state index is 13.5. The van der Waals surface area contributed by atoms with Crippen molar-refractivity contribution in [3.05, 3.63) is 60.1 Å². The second kappa shape index (κ2) is 9.54. The zero-order valence-corrected chi connectivity index (χ0v) is 18.0. The highest BCUT2D eigenvalue weighted by Gasteiger charge is 2.54. The smallest absolute Gasteiger partial charge is 0.289 e. The lowest BCUT2D eigenvalue weighted by Gasteiger charge is -2.44. The standard InChI is InChI=1S/C23H27N3O6/c1-30-15-11-24-20(27)18-16-32-23(26(18)21(28)17-6-3-2-4-7-17)9-12-25(13-10-23)22(29)19-8-5-14-31-19/h2-8,14,18H,9-13,15-16H2,1H3,(H,24,27). The zero-order chi connectivity index (χ0) is 22.6. The van der Waals surface area contributed by atoms with Crippen LogP contribution in [0.2, 0.25) is 0 Å². The first kappa shape index (κ1) is 22.0. The van der Waals surface area contributed by atoms with Gasteiger partial charge in [-0.05, 0) is 24.3 Å². The molecule has 2 aliphatic rings. The molecule has 3 amide bonds. The fourth-order valence-electron chi connectivity index (χ4n) is 4.30. The van der Waals surface area contributed by atoms with Gasteiger partial charge in [-0.25, -0.2) is 0 Å². The van der Waals surface area contributed by atoms with Crippen molar-refractivity contribution in [1.82, 2.24) is 15.1 Å². The molecule has 0 saturated carbocycles. The summed E-state index contributed by atoms with van der Waals surface area (Å²) in [5.74, 6) is -0.461. The molecule has 2 saturated heterocycles. The van der Waals surface area contributed by atoms with E-state index in [-0.39, 0.29) is 30.1 Å². The Bertz CT molecular complexity index is 938. The van der Waals surface area contributed by atoms with E-state index in [1.807, 2.05) is 6.07 Å². The Morgan fingerprint density at radius 3 is 2.50 bits per heavy atom. The molecule has 1 atom stereocenters. The SMILES string of the molecule is COCCNC(=O)C1COC2(CCN(C(=O)c3ccco3)CC2)N1C(=O)c1ccccc1. The van der Waals surface area contributed by atoms with E-state index < -0.39 is 11.8 Å². The van der Waals surface area contributed by atoms with Crippen LogP contribution in [0.1, 0.15) is 33.8 Å². The highest BCUT2D eigenvalue weighted by molar-refractivity contribution is 5.98. The van der Waals surface area contributed by atoms with Crippen molar-refractivity contribution >= 4 is 17.7 Å². The lowest BCUT2D eigenvalue weighted by atomic mass is 9.96. The number of carbonyl (C=O) groups is 3. The molecule has 170 valence electrons. The number of likely N-dealkylation sites (tertiary alicyclic amines) is 1. The van der Waals surface area contributed by atoms with Crippen LogP contribution in [0.5, 0.6) is 0 Å². The summed E-state index contributed by atoms with van der Waals surface area (Å²) in [4.78, 5) is 42.3. The monoisotopic (exact) mass is 441 g/mol. The summed E-state index contributed by atoms with van der Waals surface area (Å²) < 4.78 is 16.4. The molecule has 1 spiro atoms. The number of ether oxygens (including phenoxy) is 2. The minimum absolute atomic E-state index is 0.101. The van der Waals surface area contributed by atoms with Crippen molar-refractivity contribution in [3.63, 3.8) is 0 Å². The predicted octanol–water partition coefficient (Wildman–Crippen LogP) is 1.52. The van der Waals surface area contributed by atoms with Crippen LogP contribution in [-0.2, 0) is 14.3 Å². The van der Waals surface area contributed by atoms with Gasteiger partial charge in [-0.3, -0.25) is 19.3 Å². The minimum atomic E-state index is -0.948. The summed E-state index contributed by atoms with van der Waals surface area (Å²) >= 11 is 0. The van der Waals surface area contributed by atoms with Crippen LogP contribution < -0.4 is 5.32 Å². The average Bonchev–Trinajstić information content (AvgIpc) is 3.48. The van der Waals surface area contributed by atoms with Gasteiger partial charge in [0.1, 0.15) is 11.8 Å². The second-order valence-electron chi connectivity index (χ2n) is 7.87. The van der Waals surface area contributed by atoms with Gasteiger partial charge < -0.3 is 24.1 Å². The molecular weight excluding hydrogens is 414 g/mol. The first-order valence-corrected chi connectivity index (χ1v) is 10.7. The van der Waals surface area contributed by atoms with Crippen molar-refractivity contribution in [3.8, 4) is 0 Å². The summed E-state index contributed by atoms with van der Waals surface area (Å²) in [7, 11) is 1.56.